The molecule has 0 bridgehead atoms. The van der Waals surface area contributed by atoms with E-state index in [0.29, 0.717) is 6.54 Å². The lowest BCUT2D eigenvalue weighted by Gasteiger charge is -2.33. The molecule has 0 atom stereocenters. The molecule has 5 rings (SSSR count). The number of methoxy groups -OCH3 is 1. The summed E-state index contributed by atoms with van der Waals surface area (Å²) in [6.45, 7) is 5.12. The summed E-state index contributed by atoms with van der Waals surface area (Å²) < 4.78 is 7.44. The van der Waals surface area contributed by atoms with E-state index in [9.17, 15) is 0 Å². The Hall–Kier alpha value is -3.79. The molecule has 2 heterocycles. The number of ether oxygens (including phenoxy) is 1. The van der Waals surface area contributed by atoms with Gasteiger partial charge in [0.1, 0.15) is 5.75 Å². The molecule has 1 aliphatic heterocycles. The number of benzene rings is 3. The number of aromatic nitrogens is 2. The van der Waals surface area contributed by atoms with Crippen molar-refractivity contribution in [2.45, 2.75) is 6.54 Å². The molecule has 4 heteroatoms. The Bertz CT molecular complexity index is 1220. The molecule has 29 heavy (non-hydrogen) atoms. The number of imidazole rings is 1. The van der Waals surface area contributed by atoms with Gasteiger partial charge in [0.15, 0.2) is 5.82 Å². The first-order chi connectivity index (χ1) is 14.2. The van der Waals surface area contributed by atoms with Crippen LogP contribution < -0.4 is 4.74 Å². The van der Waals surface area contributed by atoms with Crippen LogP contribution in [0.15, 0.2) is 85.4 Å². The van der Waals surface area contributed by atoms with E-state index in [1.165, 1.54) is 5.56 Å². The molecule has 0 saturated heterocycles. The van der Waals surface area contributed by atoms with Crippen molar-refractivity contribution in [2.75, 3.05) is 7.11 Å². The maximum Gasteiger partial charge on any atom is 0.161 e. The van der Waals surface area contributed by atoms with Crippen molar-refractivity contribution in [3.8, 4) is 5.75 Å². The largest absolute Gasteiger partial charge is 0.497 e. The summed E-state index contributed by atoms with van der Waals surface area (Å²) in [5.41, 5.74) is 6.36. The summed E-state index contributed by atoms with van der Waals surface area (Å²) in [5.74, 6) is 1.73. The normalized spacial score (nSPS) is 13.3. The molecule has 0 N–H and O–H groups in total. The predicted molar refractivity (Wildman–Crippen MR) is 118 cm³/mol. The third-order valence-corrected chi connectivity index (χ3v) is 5.29. The van der Waals surface area contributed by atoms with Crippen LogP contribution in [0.2, 0.25) is 0 Å². The molecule has 0 saturated carbocycles. The van der Waals surface area contributed by atoms with Crippen molar-refractivity contribution in [2.24, 2.45) is 0 Å². The number of fused-ring (bicyclic) bond motifs is 3. The van der Waals surface area contributed by atoms with Crippen LogP contribution >= 0.6 is 0 Å². The minimum atomic E-state index is 0.701. The molecule has 1 aliphatic rings. The van der Waals surface area contributed by atoms with E-state index in [4.69, 9.17) is 9.72 Å². The summed E-state index contributed by atoms with van der Waals surface area (Å²) in [7, 11) is 1.68. The van der Waals surface area contributed by atoms with Crippen LogP contribution in [0.5, 0.6) is 5.75 Å². The van der Waals surface area contributed by atoms with Gasteiger partial charge in [0, 0.05) is 12.7 Å². The van der Waals surface area contributed by atoms with Crippen LogP contribution in [0, 0.1) is 0 Å². The molecule has 4 nitrogen and oxygen atoms in total. The van der Waals surface area contributed by atoms with Crippen LogP contribution in [0.4, 0.5) is 0 Å². The molecule has 142 valence electrons. The Morgan fingerprint density at radius 1 is 0.897 bits per heavy atom. The van der Waals surface area contributed by atoms with Gasteiger partial charge >= 0.3 is 0 Å². The van der Waals surface area contributed by atoms with Crippen molar-refractivity contribution >= 4 is 28.6 Å². The van der Waals surface area contributed by atoms with Crippen molar-refractivity contribution in [1.82, 2.24) is 14.5 Å². The highest BCUT2D eigenvalue weighted by Gasteiger charge is 2.26. The molecular weight excluding hydrogens is 358 g/mol. The zero-order valence-electron chi connectivity index (χ0n) is 16.2. The number of hydrogen-bond acceptors (Lipinski definition) is 3. The van der Waals surface area contributed by atoms with Crippen LogP contribution in [-0.2, 0) is 6.54 Å². The Balaban J connectivity index is 1.63. The van der Waals surface area contributed by atoms with Gasteiger partial charge in [0.2, 0.25) is 0 Å². The first-order valence-electron chi connectivity index (χ1n) is 9.58. The number of para-hydroxylation sites is 2. The van der Waals surface area contributed by atoms with E-state index < -0.39 is 0 Å². The third kappa shape index (κ3) is 2.99. The van der Waals surface area contributed by atoms with Crippen LogP contribution in [0.1, 0.15) is 17.0 Å². The van der Waals surface area contributed by atoms with Gasteiger partial charge in [0.05, 0.1) is 29.5 Å². The first kappa shape index (κ1) is 17.3. The van der Waals surface area contributed by atoms with Crippen molar-refractivity contribution in [3.63, 3.8) is 0 Å². The van der Waals surface area contributed by atoms with E-state index in [2.05, 4.69) is 64.7 Å². The van der Waals surface area contributed by atoms with Crippen LogP contribution in [0.3, 0.4) is 0 Å². The highest BCUT2D eigenvalue weighted by molar-refractivity contribution is 5.91. The Kier molecular flexibility index (Phi) is 4.17. The lowest BCUT2D eigenvalue weighted by atomic mass is 10.1. The highest BCUT2D eigenvalue weighted by Crippen LogP contribution is 2.36. The number of rotatable bonds is 4. The third-order valence-electron chi connectivity index (χ3n) is 5.29. The van der Waals surface area contributed by atoms with E-state index in [0.717, 1.165) is 39.6 Å². The average Bonchev–Trinajstić information content (AvgIpc) is 3.16. The summed E-state index contributed by atoms with van der Waals surface area (Å²) >= 11 is 0. The number of hydrogen-bond donors (Lipinski definition) is 0. The maximum absolute atomic E-state index is 5.30. The fraction of sp³-hybridized carbons (Fsp3) is 0.0800. The van der Waals surface area contributed by atoms with E-state index in [-0.39, 0.29) is 0 Å². The molecule has 1 aromatic heterocycles. The number of nitrogens with zero attached hydrogens (tertiary/aromatic N) is 3. The van der Waals surface area contributed by atoms with Gasteiger partial charge in [0.25, 0.3) is 0 Å². The Morgan fingerprint density at radius 3 is 2.38 bits per heavy atom. The van der Waals surface area contributed by atoms with Gasteiger partial charge in [-0.05, 0) is 35.4 Å². The highest BCUT2D eigenvalue weighted by atomic mass is 16.5. The van der Waals surface area contributed by atoms with Crippen molar-refractivity contribution in [1.29, 1.82) is 0 Å². The topological polar surface area (TPSA) is 30.3 Å². The summed E-state index contributed by atoms with van der Waals surface area (Å²) in [5, 5.41) is 0. The summed E-state index contributed by atoms with van der Waals surface area (Å²) in [4.78, 5) is 7.07. The quantitative estimate of drug-likeness (QED) is 0.470. The van der Waals surface area contributed by atoms with Gasteiger partial charge < -0.3 is 9.64 Å². The monoisotopic (exact) mass is 379 g/mol. The van der Waals surface area contributed by atoms with Gasteiger partial charge in [-0.15, -0.1) is 0 Å². The van der Waals surface area contributed by atoms with E-state index in [1.807, 2.05) is 36.4 Å². The molecule has 0 radical (unpaired) electrons. The fourth-order valence-corrected chi connectivity index (χ4v) is 3.77. The minimum absolute atomic E-state index is 0.701. The lowest BCUT2D eigenvalue weighted by molar-refractivity contribution is 0.414. The molecular formula is C25H21N3O. The van der Waals surface area contributed by atoms with Gasteiger partial charge in [-0.2, -0.15) is 0 Å². The summed E-state index contributed by atoms with van der Waals surface area (Å²) in [6.07, 6.45) is 2.16. The zero-order chi connectivity index (χ0) is 19.8. The minimum Gasteiger partial charge on any atom is -0.497 e. The smallest absolute Gasteiger partial charge is 0.161 e. The molecule has 0 aliphatic carbocycles. The SMILES string of the molecule is C=C1c2nc3ccccc3n2C=C(c2ccccc2)N1Cc1ccc(OC)cc1. The Morgan fingerprint density at radius 2 is 1.62 bits per heavy atom. The molecule has 3 aromatic carbocycles. The zero-order valence-corrected chi connectivity index (χ0v) is 16.2. The molecule has 0 amide bonds. The van der Waals surface area contributed by atoms with Gasteiger partial charge in [-0.25, -0.2) is 4.98 Å². The van der Waals surface area contributed by atoms with Crippen LogP contribution in [-0.4, -0.2) is 21.6 Å². The van der Waals surface area contributed by atoms with Gasteiger partial charge in [-0.3, -0.25) is 4.57 Å². The molecule has 0 fully saturated rings. The first-order valence-corrected chi connectivity index (χ1v) is 9.58. The predicted octanol–water partition coefficient (Wildman–Crippen LogP) is 5.49. The second-order valence-corrected chi connectivity index (χ2v) is 7.06. The van der Waals surface area contributed by atoms with Crippen molar-refractivity contribution in [3.05, 3.63) is 102 Å². The fourth-order valence-electron chi connectivity index (χ4n) is 3.77. The Labute approximate surface area is 170 Å². The van der Waals surface area contributed by atoms with E-state index >= 15 is 0 Å². The average molecular weight is 379 g/mol. The van der Waals surface area contributed by atoms with Crippen molar-refractivity contribution < 1.29 is 4.74 Å². The second kappa shape index (κ2) is 6.99. The van der Waals surface area contributed by atoms with Gasteiger partial charge in [-0.1, -0.05) is 61.2 Å². The van der Waals surface area contributed by atoms with E-state index in [1.54, 1.807) is 7.11 Å². The maximum atomic E-state index is 5.30. The van der Waals surface area contributed by atoms with Crippen LogP contribution in [0.25, 0.3) is 28.6 Å². The lowest BCUT2D eigenvalue weighted by Crippen LogP contribution is -2.25. The second-order valence-electron chi connectivity index (χ2n) is 7.06. The molecule has 0 unspecified atom stereocenters. The molecule has 0 spiro atoms. The standard InChI is InChI=1S/C25H21N3O/c1-18-25-26-22-10-6-7-11-23(22)28(25)17-24(20-8-4-3-5-9-20)27(18)16-19-12-14-21(29-2)15-13-19/h3-15,17H,1,16H2,2H3. The summed E-state index contributed by atoms with van der Waals surface area (Å²) in [6, 6.07) is 26.8. The molecule has 4 aromatic rings.